The van der Waals surface area contributed by atoms with Crippen LogP contribution in [0.1, 0.15) is 11.1 Å². The van der Waals surface area contributed by atoms with Gasteiger partial charge in [0.25, 0.3) is 0 Å². The number of halogens is 2. The molecule has 0 saturated heterocycles. The van der Waals surface area contributed by atoms with Crippen molar-refractivity contribution in [3.63, 3.8) is 0 Å². The third kappa shape index (κ3) is 4.69. The lowest BCUT2D eigenvalue weighted by Gasteiger charge is -2.06. The molecule has 0 aliphatic carbocycles. The molecule has 0 aliphatic rings. The number of amides is 1. The first-order valence-corrected chi connectivity index (χ1v) is 7.06. The van der Waals surface area contributed by atoms with Gasteiger partial charge in [-0.15, -0.1) is 0 Å². The summed E-state index contributed by atoms with van der Waals surface area (Å²) in [5.41, 5.74) is 1.98. The normalized spacial score (nSPS) is 10.2. The number of rotatable bonds is 4. The van der Waals surface area contributed by atoms with Crippen molar-refractivity contribution in [3.8, 4) is 0 Å². The highest BCUT2D eigenvalue weighted by Crippen LogP contribution is 2.12. The smallest absolute Gasteiger partial charge is 0.224 e. The van der Waals surface area contributed by atoms with Crippen LogP contribution >= 0.6 is 27.5 Å². The van der Waals surface area contributed by atoms with Crippen molar-refractivity contribution >= 4 is 33.4 Å². The molecule has 0 atom stereocenters. The van der Waals surface area contributed by atoms with E-state index in [0.29, 0.717) is 18.0 Å². The van der Waals surface area contributed by atoms with Gasteiger partial charge in [-0.2, -0.15) is 0 Å². The third-order valence-corrected chi connectivity index (χ3v) is 3.36. The zero-order valence-corrected chi connectivity index (χ0v) is 12.5. The van der Waals surface area contributed by atoms with Gasteiger partial charge in [0.1, 0.15) is 0 Å². The van der Waals surface area contributed by atoms with Crippen molar-refractivity contribution in [2.24, 2.45) is 0 Å². The van der Waals surface area contributed by atoms with E-state index in [0.717, 1.165) is 15.6 Å². The summed E-state index contributed by atoms with van der Waals surface area (Å²) in [6.45, 7) is 0.527. The first kappa shape index (κ1) is 14.1. The minimum absolute atomic E-state index is 0.0118. The lowest BCUT2D eigenvalue weighted by atomic mass is 10.1. The van der Waals surface area contributed by atoms with Crippen molar-refractivity contribution in [1.29, 1.82) is 0 Å². The monoisotopic (exact) mass is 337 g/mol. The highest BCUT2D eigenvalue weighted by molar-refractivity contribution is 9.10. The highest BCUT2D eigenvalue weighted by Gasteiger charge is 2.04. The molecule has 19 heavy (non-hydrogen) atoms. The van der Waals surface area contributed by atoms with Crippen LogP contribution in [-0.2, 0) is 17.8 Å². The van der Waals surface area contributed by atoms with Gasteiger partial charge in [0.05, 0.1) is 6.42 Å². The number of hydrogen-bond donors (Lipinski definition) is 1. The maximum atomic E-state index is 11.8. The van der Waals surface area contributed by atoms with Gasteiger partial charge in [-0.1, -0.05) is 51.8 Å². The molecule has 4 heteroatoms. The second kappa shape index (κ2) is 6.73. The fourth-order valence-electron chi connectivity index (χ4n) is 1.74. The van der Waals surface area contributed by atoms with E-state index >= 15 is 0 Å². The Morgan fingerprint density at radius 3 is 2.58 bits per heavy atom. The maximum absolute atomic E-state index is 11.8. The van der Waals surface area contributed by atoms with Crippen LogP contribution in [0.4, 0.5) is 0 Å². The molecular formula is C15H13BrClNO. The molecule has 2 rings (SSSR count). The molecule has 0 aromatic heterocycles. The van der Waals surface area contributed by atoms with E-state index in [1.807, 2.05) is 36.4 Å². The number of carbonyl (C=O) groups excluding carboxylic acids is 1. The van der Waals surface area contributed by atoms with Gasteiger partial charge < -0.3 is 5.32 Å². The van der Waals surface area contributed by atoms with Gasteiger partial charge >= 0.3 is 0 Å². The molecule has 2 aromatic carbocycles. The lowest BCUT2D eigenvalue weighted by molar-refractivity contribution is -0.120. The van der Waals surface area contributed by atoms with Crippen molar-refractivity contribution < 1.29 is 4.79 Å². The average molecular weight is 339 g/mol. The van der Waals surface area contributed by atoms with Gasteiger partial charge in [0, 0.05) is 16.0 Å². The van der Waals surface area contributed by atoms with E-state index in [4.69, 9.17) is 11.6 Å². The van der Waals surface area contributed by atoms with Crippen LogP contribution < -0.4 is 5.32 Å². The van der Waals surface area contributed by atoms with Crippen LogP contribution in [0.3, 0.4) is 0 Å². The number of benzene rings is 2. The number of nitrogens with one attached hydrogen (secondary N) is 1. The Morgan fingerprint density at radius 2 is 1.84 bits per heavy atom. The van der Waals surface area contributed by atoms with Gasteiger partial charge in [0.2, 0.25) is 5.91 Å². The Labute approximate surface area is 125 Å². The van der Waals surface area contributed by atoms with E-state index < -0.39 is 0 Å². The summed E-state index contributed by atoms with van der Waals surface area (Å²) in [7, 11) is 0. The van der Waals surface area contributed by atoms with Crippen LogP contribution in [0.15, 0.2) is 53.0 Å². The first-order valence-electron chi connectivity index (χ1n) is 5.89. The summed E-state index contributed by atoms with van der Waals surface area (Å²) >= 11 is 9.29. The molecule has 0 bridgehead atoms. The highest BCUT2D eigenvalue weighted by atomic mass is 79.9. The predicted molar refractivity (Wildman–Crippen MR) is 81.1 cm³/mol. The molecule has 2 aromatic rings. The molecule has 0 aliphatic heterocycles. The number of carbonyl (C=O) groups is 1. The van der Waals surface area contributed by atoms with Crippen LogP contribution in [0.2, 0.25) is 5.02 Å². The molecule has 2 nitrogen and oxygen atoms in total. The minimum Gasteiger partial charge on any atom is -0.352 e. The fraction of sp³-hybridized carbons (Fsp3) is 0.133. The molecule has 0 spiro atoms. The molecule has 0 heterocycles. The van der Waals surface area contributed by atoms with Gasteiger partial charge in [-0.05, 0) is 35.4 Å². The molecule has 1 N–H and O–H groups in total. The molecule has 1 amide bonds. The van der Waals surface area contributed by atoms with E-state index in [9.17, 15) is 4.79 Å². The zero-order valence-electron chi connectivity index (χ0n) is 10.2. The van der Waals surface area contributed by atoms with E-state index in [1.54, 1.807) is 12.1 Å². The number of hydrogen-bond acceptors (Lipinski definition) is 1. The Hall–Kier alpha value is -1.32. The van der Waals surface area contributed by atoms with Crippen molar-refractivity contribution in [3.05, 3.63) is 69.2 Å². The molecule has 0 radical (unpaired) electrons. The van der Waals surface area contributed by atoms with Crippen LogP contribution in [0.25, 0.3) is 0 Å². The predicted octanol–water partition coefficient (Wildman–Crippen LogP) is 3.96. The third-order valence-electron chi connectivity index (χ3n) is 2.63. The van der Waals surface area contributed by atoms with Crippen molar-refractivity contribution in [2.45, 2.75) is 13.0 Å². The molecule has 0 unspecified atom stereocenters. The Morgan fingerprint density at radius 1 is 1.11 bits per heavy atom. The Balaban J connectivity index is 1.88. The Bertz CT molecular complexity index is 586. The second-order valence-electron chi connectivity index (χ2n) is 4.21. The molecule has 0 saturated carbocycles. The van der Waals surface area contributed by atoms with Crippen molar-refractivity contribution in [2.75, 3.05) is 0 Å². The van der Waals surface area contributed by atoms with E-state index in [2.05, 4.69) is 21.2 Å². The Kier molecular flexibility index (Phi) is 5.00. The lowest BCUT2D eigenvalue weighted by Crippen LogP contribution is -2.24. The summed E-state index contributed by atoms with van der Waals surface area (Å²) in [5, 5.41) is 3.54. The average Bonchev–Trinajstić information content (AvgIpc) is 2.36. The largest absolute Gasteiger partial charge is 0.352 e. The van der Waals surface area contributed by atoms with E-state index in [1.165, 1.54) is 0 Å². The SMILES string of the molecule is O=C(Cc1cccc(Cl)c1)NCc1cccc(Br)c1. The van der Waals surface area contributed by atoms with Crippen LogP contribution in [0, 0.1) is 0 Å². The first-order chi connectivity index (χ1) is 9.13. The zero-order chi connectivity index (χ0) is 13.7. The summed E-state index contributed by atoms with van der Waals surface area (Å²) < 4.78 is 1.01. The fourth-order valence-corrected chi connectivity index (χ4v) is 2.40. The minimum atomic E-state index is -0.0118. The summed E-state index contributed by atoms with van der Waals surface area (Å²) in [4.78, 5) is 11.8. The topological polar surface area (TPSA) is 29.1 Å². The second-order valence-corrected chi connectivity index (χ2v) is 5.57. The molecular weight excluding hydrogens is 326 g/mol. The van der Waals surface area contributed by atoms with Gasteiger partial charge in [-0.3, -0.25) is 4.79 Å². The summed E-state index contributed by atoms with van der Waals surface area (Å²) in [5.74, 6) is -0.0118. The summed E-state index contributed by atoms with van der Waals surface area (Å²) in [6, 6.07) is 15.2. The van der Waals surface area contributed by atoms with Crippen molar-refractivity contribution in [1.82, 2.24) is 5.32 Å². The summed E-state index contributed by atoms with van der Waals surface area (Å²) in [6.07, 6.45) is 0.342. The van der Waals surface area contributed by atoms with E-state index in [-0.39, 0.29) is 5.91 Å². The molecule has 0 fully saturated rings. The standard InChI is InChI=1S/C15H13BrClNO/c16-13-5-1-4-12(7-13)10-18-15(19)9-11-3-2-6-14(17)8-11/h1-8H,9-10H2,(H,18,19). The van der Waals surface area contributed by atoms with Crippen LogP contribution in [0.5, 0.6) is 0 Å². The molecule has 98 valence electrons. The quantitative estimate of drug-likeness (QED) is 0.898. The van der Waals surface area contributed by atoms with Crippen LogP contribution in [-0.4, -0.2) is 5.91 Å². The maximum Gasteiger partial charge on any atom is 0.224 e. The van der Waals surface area contributed by atoms with Gasteiger partial charge in [-0.25, -0.2) is 0 Å². The van der Waals surface area contributed by atoms with Gasteiger partial charge in [0.15, 0.2) is 0 Å².